The Morgan fingerprint density at radius 1 is 1.60 bits per heavy atom. The Morgan fingerprint density at radius 3 is 2.73 bits per heavy atom. The second-order valence-electron chi connectivity index (χ2n) is 3.33. The predicted molar refractivity (Wildman–Crippen MR) is 62.6 cm³/mol. The summed E-state index contributed by atoms with van der Waals surface area (Å²) in [5.74, 6) is 0.347. The summed E-state index contributed by atoms with van der Waals surface area (Å²) in [6, 6.07) is 4.36. The highest BCUT2D eigenvalue weighted by Crippen LogP contribution is 2.20. The molecule has 4 heteroatoms. The lowest BCUT2D eigenvalue weighted by Gasteiger charge is -2.17. The number of nitrogens with two attached hydrogens (primary N) is 1. The second-order valence-corrected chi connectivity index (χ2v) is 3.80. The molecule has 0 bridgehead atoms. The highest BCUT2D eigenvalue weighted by molar-refractivity contribution is 7.80. The van der Waals surface area contributed by atoms with Gasteiger partial charge in [0.1, 0.15) is 22.7 Å². The van der Waals surface area contributed by atoms with E-state index in [1.807, 2.05) is 6.92 Å². The van der Waals surface area contributed by atoms with Gasteiger partial charge in [-0.2, -0.15) is 0 Å². The van der Waals surface area contributed by atoms with Crippen molar-refractivity contribution < 1.29 is 9.13 Å². The van der Waals surface area contributed by atoms with Crippen molar-refractivity contribution in [2.45, 2.75) is 26.4 Å². The van der Waals surface area contributed by atoms with E-state index in [4.69, 9.17) is 22.7 Å². The van der Waals surface area contributed by atoms with Gasteiger partial charge in [-0.15, -0.1) is 0 Å². The number of benzene rings is 1. The number of halogens is 1. The van der Waals surface area contributed by atoms with E-state index >= 15 is 0 Å². The SMILES string of the molecule is CCC(Oc1ccc(F)cc1C)C(N)=S. The first-order valence-corrected chi connectivity index (χ1v) is 5.17. The molecule has 0 aliphatic rings. The molecule has 1 rings (SSSR count). The Labute approximate surface area is 94.2 Å². The third-order valence-electron chi connectivity index (χ3n) is 2.09. The highest BCUT2D eigenvalue weighted by atomic mass is 32.1. The number of thiocarbonyl (C=S) groups is 1. The molecule has 2 N–H and O–H groups in total. The van der Waals surface area contributed by atoms with Gasteiger partial charge in [-0.25, -0.2) is 4.39 Å². The van der Waals surface area contributed by atoms with Crippen LogP contribution in [0.2, 0.25) is 0 Å². The van der Waals surface area contributed by atoms with Gasteiger partial charge in [0.2, 0.25) is 0 Å². The summed E-state index contributed by atoms with van der Waals surface area (Å²) in [6.45, 7) is 3.72. The van der Waals surface area contributed by atoms with Crippen molar-refractivity contribution in [3.8, 4) is 5.75 Å². The van der Waals surface area contributed by atoms with Crippen LogP contribution in [0, 0.1) is 12.7 Å². The Kier molecular flexibility index (Phi) is 4.03. The summed E-state index contributed by atoms with van der Waals surface area (Å²) in [7, 11) is 0. The minimum atomic E-state index is -0.288. The van der Waals surface area contributed by atoms with E-state index in [0.29, 0.717) is 17.2 Å². The molecule has 2 nitrogen and oxygen atoms in total. The van der Waals surface area contributed by atoms with Gasteiger partial charge in [-0.05, 0) is 37.1 Å². The van der Waals surface area contributed by atoms with Crippen molar-refractivity contribution in [1.82, 2.24) is 0 Å². The monoisotopic (exact) mass is 227 g/mol. The summed E-state index contributed by atoms with van der Waals surface area (Å²) in [5, 5.41) is 0. The molecular formula is C11H14FNOS. The van der Waals surface area contributed by atoms with Gasteiger partial charge in [0.05, 0.1) is 0 Å². The van der Waals surface area contributed by atoms with Crippen molar-refractivity contribution in [3.05, 3.63) is 29.6 Å². The lowest BCUT2D eigenvalue weighted by atomic mass is 10.2. The van der Waals surface area contributed by atoms with E-state index in [1.165, 1.54) is 12.1 Å². The van der Waals surface area contributed by atoms with Crippen LogP contribution in [0.4, 0.5) is 4.39 Å². The molecule has 0 spiro atoms. The van der Waals surface area contributed by atoms with Crippen molar-refractivity contribution in [3.63, 3.8) is 0 Å². The van der Waals surface area contributed by atoms with E-state index in [9.17, 15) is 4.39 Å². The standard InChI is InChI=1S/C11H14FNOS/c1-3-9(11(13)15)14-10-5-4-8(12)6-7(10)2/h4-6,9H,3H2,1-2H3,(H2,13,15). The number of aryl methyl sites for hydroxylation is 1. The molecule has 0 aliphatic carbocycles. The molecule has 82 valence electrons. The second kappa shape index (κ2) is 5.07. The van der Waals surface area contributed by atoms with Crippen molar-refractivity contribution >= 4 is 17.2 Å². The molecule has 1 aromatic carbocycles. The van der Waals surface area contributed by atoms with Crippen LogP contribution in [0.3, 0.4) is 0 Å². The molecular weight excluding hydrogens is 213 g/mol. The summed E-state index contributed by atoms with van der Waals surface area (Å²) in [4.78, 5) is 0.321. The van der Waals surface area contributed by atoms with Crippen LogP contribution < -0.4 is 10.5 Å². The van der Waals surface area contributed by atoms with Crippen LogP contribution in [-0.4, -0.2) is 11.1 Å². The van der Waals surface area contributed by atoms with Crippen LogP contribution in [0.25, 0.3) is 0 Å². The lowest BCUT2D eigenvalue weighted by molar-refractivity contribution is 0.262. The fourth-order valence-electron chi connectivity index (χ4n) is 1.24. The molecule has 0 saturated carbocycles. The fraction of sp³-hybridized carbons (Fsp3) is 0.364. The van der Waals surface area contributed by atoms with Crippen molar-refractivity contribution in [2.75, 3.05) is 0 Å². The summed E-state index contributed by atoms with van der Waals surface area (Å²) < 4.78 is 18.4. The summed E-state index contributed by atoms with van der Waals surface area (Å²) >= 11 is 4.86. The summed E-state index contributed by atoms with van der Waals surface area (Å²) in [5.41, 5.74) is 6.25. The van der Waals surface area contributed by atoms with Gasteiger partial charge < -0.3 is 10.5 Å². The third-order valence-corrected chi connectivity index (χ3v) is 2.36. The van der Waals surface area contributed by atoms with Gasteiger partial charge >= 0.3 is 0 Å². The van der Waals surface area contributed by atoms with E-state index in [0.717, 1.165) is 5.56 Å². The predicted octanol–water partition coefficient (Wildman–Crippen LogP) is 2.58. The maximum absolute atomic E-state index is 12.8. The van der Waals surface area contributed by atoms with Gasteiger partial charge in [-0.1, -0.05) is 19.1 Å². The number of hydrogen-bond acceptors (Lipinski definition) is 2. The molecule has 0 amide bonds. The van der Waals surface area contributed by atoms with Crippen LogP contribution in [-0.2, 0) is 0 Å². The molecule has 0 aromatic heterocycles. The first-order valence-electron chi connectivity index (χ1n) is 4.76. The molecule has 1 atom stereocenters. The Morgan fingerprint density at radius 2 is 2.27 bits per heavy atom. The van der Waals surface area contributed by atoms with Gasteiger partial charge in [0.15, 0.2) is 0 Å². The Hall–Kier alpha value is -1.16. The van der Waals surface area contributed by atoms with Gasteiger partial charge in [0.25, 0.3) is 0 Å². The van der Waals surface area contributed by atoms with E-state index in [2.05, 4.69) is 0 Å². The minimum Gasteiger partial charge on any atom is -0.483 e. The van der Waals surface area contributed by atoms with E-state index < -0.39 is 0 Å². The Balaban J connectivity index is 2.84. The number of ether oxygens (including phenoxy) is 1. The fourth-order valence-corrected chi connectivity index (χ4v) is 1.46. The average Bonchev–Trinajstić information content (AvgIpc) is 2.16. The van der Waals surface area contributed by atoms with Crippen LogP contribution in [0.1, 0.15) is 18.9 Å². The molecule has 0 heterocycles. The maximum Gasteiger partial charge on any atom is 0.148 e. The zero-order valence-electron chi connectivity index (χ0n) is 8.79. The minimum absolute atomic E-state index is 0.275. The first kappa shape index (κ1) is 11.9. The van der Waals surface area contributed by atoms with E-state index in [-0.39, 0.29) is 11.9 Å². The normalized spacial score (nSPS) is 12.2. The third kappa shape index (κ3) is 3.16. The van der Waals surface area contributed by atoms with Crippen LogP contribution >= 0.6 is 12.2 Å². The van der Waals surface area contributed by atoms with Crippen LogP contribution in [0.5, 0.6) is 5.75 Å². The molecule has 0 aliphatic heterocycles. The topological polar surface area (TPSA) is 35.2 Å². The van der Waals surface area contributed by atoms with Gasteiger partial charge in [0, 0.05) is 0 Å². The maximum atomic E-state index is 12.8. The van der Waals surface area contributed by atoms with Crippen molar-refractivity contribution in [1.29, 1.82) is 0 Å². The molecule has 1 aromatic rings. The largest absolute Gasteiger partial charge is 0.483 e. The van der Waals surface area contributed by atoms with E-state index in [1.54, 1.807) is 13.0 Å². The smallest absolute Gasteiger partial charge is 0.148 e. The molecule has 1 unspecified atom stereocenters. The van der Waals surface area contributed by atoms with Gasteiger partial charge in [-0.3, -0.25) is 0 Å². The zero-order chi connectivity index (χ0) is 11.4. The number of hydrogen-bond donors (Lipinski definition) is 1. The lowest BCUT2D eigenvalue weighted by Crippen LogP contribution is -2.31. The van der Waals surface area contributed by atoms with Crippen molar-refractivity contribution in [2.24, 2.45) is 5.73 Å². The first-order chi connectivity index (χ1) is 7.04. The molecule has 0 saturated heterocycles. The number of rotatable bonds is 4. The zero-order valence-corrected chi connectivity index (χ0v) is 9.60. The molecule has 0 radical (unpaired) electrons. The molecule has 15 heavy (non-hydrogen) atoms. The summed E-state index contributed by atoms with van der Waals surface area (Å²) in [6.07, 6.45) is 0.413. The average molecular weight is 227 g/mol. The molecule has 0 fully saturated rings. The Bertz CT molecular complexity index is 368. The quantitative estimate of drug-likeness (QED) is 0.803. The van der Waals surface area contributed by atoms with Crippen LogP contribution in [0.15, 0.2) is 18.2 Å². The highest BCUT2D eigenvalue weighted by Gasteiger charge is 2.12.